The van der Waals surface area contributed by atoms with E-state index in [4.69, 9.17) is 13.6 Å². The van der Waals surface area contributed by atoms with Gasteiger partial charge < -0.3 is 10.1 Å². The number of rotatable bonds is 7. The van der Waals surface area contributed by atoms with Gasteiger partial charge in [0.05, 0.1) is 18.5 Å². The first-order valence-electron chi connectivity index (χ1n) is 8.79. The molecule has 2 N–H and O–H groups in total. The van der Waals surface area contributed by atoms with Gasteiger partial charge in [0.2, 0.25) is 0 Å². The Morgan fingerprint density at radius 2 is 1.97 bits per heavy atom. The van der Waals surface area contributed by atoms with Gasteiger partial charge in [-0.2, -0.15) is 4.21 Å². The van der Waals surface area contributed by atoms with E-state index in [0.717, 1.165) is 16.2 Å². The number of aromatic nitrogens is 2. The number of hydrogen-bond acceptors (Lipinski definition) is 7. The normalized spacial score (nSPS) is 11.6. The van der Waals surface area contributed by atoms with Crippen LogP contribution in [0, 0.1) is 6.92 Å². The highest BCUT2D eigenvalue weighted by molar-refractivity contribution is 7.74. The van der Waals surface area contributed by atoms with E-state index in [1.54, 1.807) is 38.3 Å². The van der Waals surface area contributed by atoms with E-state index >= 15 is 0 Å². The van der Waals surface area contributed by atoms with E-state index in [0.29, 0.717) is 28.5 Å². The van der Waals surface area contributed by atoms with Gasteiger partial charge in [0.15, 0.2) is 0 Å². The van der Waals surface area contributed by atoms with E-state index in [2.05, 4.69) is 15.3 Å². The first-order valence-corrected chi connectivity index (χ1v) is 9.82. The molecule has 3 rings (SSSR count). The number of nitrogens with one attached hydrogen (secondary N) is 1. The van der Waals surface area contributed by atoms with Crippen molar-refractivity contribution in [2.24, 2.45) is 0 Å². The molecule has 156 valence electrons. The average Bonchev–Trinajstić information content (AvgIpc) is 2.73. The van der Waals surface area contributed by atoms with Crippen molar-refractivity contribution >= 4 is 28.8 Å². The summed E-state index contributed by atoms with van der Waals surface area (Å²) >= 11 is -2.48. The van der Waals surface area contributed by atoms with Crippen LogP contribution in [-0.4, -0.2) is 38.8 Å². The number of ether oxygens (including phenoxy) is 1. The Morgan fingerprint density at radius 3 is 2.70 bits per heavy atom. The molecule has 1 amide bonds. The quantitative estimate of drug-likeness (QED) is 0.436. The fourth-order valence-corrected chi connectivity index (χ4v) is 3.05. The van der Waals surface area contributed by atoms with Crippen LogP contribution in [0.3, 0.4) is 0 Å². The minimum atomic E-state index is -2.48. The minimum Gasteiger partial charge on any atom is -0.497 e. The number of aryl methyl sites for hydroxylation is 1. The van der Waals surface area contributed by atoms with Crippen molar-refractivity contribution in [3.8, 4) is 17.0 Å². The van der Waals surface area contributed by atoms with Gasteiger partial charge in [0, 0.05) is 24.2 Å². The third kappa shape index (κ3) is 5.17. The van der Waals surface area contributed by atoms with Gasteiger partial charge in [0.25, 0.3) is 5.91 Å². The predicted molar refractivity (Wildman–Crippen MR) is 113 cm³/mol. The Hall–Kier alpha value is -3.34. The van der Waals surface area contributed by atoms with Gasteiger partial charge in [-0.25, -0.2) is 15.0 Å². The van der Waals surface area contributed by atoms with Crippen molar-refractivity contribution in [1.82, 2.24) is 9.97 Å². The zero-order chi connectivity index (χ0) is 21.7. The maximum absolute atomic E-state index is 12.7. The van der Waals surface area contributed by atoms with Gasteiger partial charge in [-0.05, 0) is 36.8 Å². The summed E-state index contributed by atoms with van der Waals surface area (Å²) in [6.45, 7) is 1.79. The average molecular weight is 428 g/mol. The lowest BCUT2D eigenvalue weighted by molar-refractivity contribution is 0.102. The number of hydroxylamine groups is 1. The van der Waals surface area contributed by atoms with Crippen molar-refractivity contribution in [3.05, 3.63) is 66.0 Å². The van der Waals surface area contributed by atoms with Crippen molar-refractivity contribution in [1.29, 1.82) is 0 Å². The van der Waals surface area contributed by atoms with Gasteiger partial charge in [-0.15, -0.1) is 4.28 Å². The van der Waals surface area contributed by atoms with Crippen LogP contribution < -0.4 is 15.1 Å². The molecule has 0 aliphatic carbocycles. The molecule has 0 bridgehead atoms. The Labute approximate surface area is 176 Å². The second-order valence-corrected chi connectivity index (χ2v) is 6.85. The summed E-state index contributed by atoms with van der Waals surface area (Å²) in [5.74, 6) is 0.625. The van der Waals surface area contributed by atoms with E-state index in [1.165, 1.54) is 13.4 Å². The Morgan fingerprint density at radius 1 is 1.17 bits per heavy atom. The third-order valence-electron chi connectivity index (χ3n) is 4.26. The number of methoxy groups -OCH3 is 1. The molecule has 0 saturated carbocycles. The van der Waals surface area contributed by atoms with Crippen LogP contribution in [0.5, 0.6) is 5.75 Å². The Kier molecular flexibility index (Phi) is 6.72. The van der Waals surface area contributed by atoms with Crippen LogP contribution in [0.1, 0.15) is 15.9 Å². The molecule has 10 heteroatoms. The highest BCUT2D eigenvalue weighted by Crippen LogP contribution is 2.24. The predicted octanol–water partition coefficient (Wildman–Crippen LogP) is 3.22. The third-order valence-corrected chi connectivity index (χ3v) is 4.61. The number of carbonyl (C=O) groups excluding carboxylic acids is 1. The van der Waals surface area contributed by atoms with Crippen LogP contribution in [-0.2, 0) is 15.6 Å². The Bertz CT molecular complexity index is 1090. The summed E-state index contributed by atoms with van der Waals surface area (Å²) < 4.78 is 29.8. The molecule has 0 fully saturated rings. The molecular weight excluding hydrogens is 408 g/mol. The number of nitrogens with zero attached hydrogens (tertiary/aromatic N) is 3. The molecule has 0 aliphatic heterocycles. The first-order chi connectivity index (χ1) is 14.4. The molecular formula is C20H20N4O5S. The molecule has 9 nitrogen and oxygen atoms in total. The summed E-state index contributed by atoms with van der Waals surface area (Å²) in [5.41, 5.74) is 3.02. The monoisotopic (exact) mass is 428 g/mol. The van der Waals surface area contributed by atoms with Crippen molar-refractivity contribution in [3.63, 3.8) is 0 Å². The van der Waals surface area contributed by atoms with Crippen molar-refractivity contribution in [2.75, 3.05) is 24.5 Å². The lowest BCUT2D eigenvalue weighted by atomic mass is 10.1. The summed E-state index contributed by atoms with van der Waals surface area (Å²) in [6, 6.07) is 14.0. The molecule has 1 atom stereocenters. The van der Waals surface area contributed by atoms with Crippen LogP contribution in [0.15, 0.2) is 54.9 Å². The molecule has 3 aromatic rings. The van der Waals surface area contributed by atoms with Crippen LogP contribution in [0.2, 0.25) is 0 Å². The number of amides is 1. The molecule has 1 unspecified atom stereocenters. The molecule has 1 aromatic heterocycles. The van der Waals surface area contributed by atoms with E-state index < -0.39 is 17.3 Å². The SMILES string of the molecule is COc1cccc(-c2cc(NC(=O)c3ccc(C)c(N(C)OS(=O)O)c3)ncn2)c1. The second kappa shape index (κ2) is 9.44. The zero-order valence-corrected chi connectivity index (χ0v) is 17.3. The molecule has 2 aromatic carbocycles. The summed E-state index contributed by atoms with van der Waals surface area (Å²) in [5, 5.41) is 3.87. The minimum absolute atomic E-state index is 0.330. The second-order valence-electron chi connectivity index (χ2n) is 6.26. The molecule has 1 heterocycles. The number of anilines is 2. The maximum Gasteiger partial charge on any atom is 0.325 e. The maximum atomic E-state index is 12.7. The standard InChI is InChI=1S/C20H20N4O5S/c1-13-7-8-15(10-18(13)24(2)29-30(26)27)20(25)23-19-11-17(21-12-22-19)14-5-4-6-16(9-14)28-3/h4-12H,1-3H3,(H,26,27)(H,21,22,23,25). The first kappa shape index (κ1) is 21.4. The van der Waals surface area contributed by atoms with Crippen LogP contribution in [0.25, 0.3) is 11.3 Å². The lowest BCUT2D eigenvalue weighted by Gasteiger charge is -2.18. The van der Waals surface area contributed by atoms with Gasteiger partial charge in [0.1, 0.15) is 17.9 Å². The van der Waals surface area contributed by atoms with Gasteiger partial charge in [-0.1, -0.05) is 18.2 Å². The number of carbonyl (C=O) groups is 1. The molecule has 30 heavy (non-hydrogen) atoms. The van der Waals surface area contributed by atoms with Gasteiger partial charge >= 0.3 is 11.4 Å². The fraction of sp³-hybridized carbons (Fsp3) is 0.150. The topological polar surface area (TPSA) is 114 Å². The van der Waals surface area contributed by atoms with Crippen LogP contribution in [0.4, 0.5) is 11.5 Å². The molecule has 0 radical (unpaired) electrons. The van der Waals surface area contributed by atoms with Gasteiger partial charge in [-0.3, -0.25) is 9.35 Å². The Balaban J connectivity index is 1.82. The summed E-state index contributed by atoms with van der Waals surface area (Å²) in [4.78, 5) is 21.1. The summed E-state index contributed by atoms with van der Waals surface area (Å²) in [6.07, 6.45) is 1.36. The highest BCUT2D eigenvalue weighted by Gasteiger charge is 2.14. The largest absolute Gasteiger partial charge is 0.497 e. The number of benzene rings is 2. The van der Waals surface area contributed by atoms with Crippen molar-refractivity contribution < 1.29 is 22.6 Å². The highest BCUT2D eigenvalue weighted by atomic mass is 32.2. The summed E-state index contributed by atoms with van der Waals surface area (Å²) in [7, 11) is 3.06. The smallest absolute Gasteiger partial charge is 0.325 e. The molecule has 0 spiro atoms. The van der Waals surface area contributed by atoms with Crippen molar-refractivity contribution in [2.45, 2.75) is 6.92 Å². The van der Waals surface area contributed by atoms with E-state index in [-0.39, 0.29) is 0 Å². The van der Waals surface area contributed by atoms with E-state index in [9.17, 15) is 9.00 Å². The number of hydrogen-bond donors (Lipinski definition) is 2. The van der Waals surface area contributed by atoms with E-state index in [1.807, 2.05) is 24.3 Å². The molecule has 0 aliphatic rings. The zero-order valence-electron chi connectivity index (χ0n) is 16.5. The molecule has 0 saturated heterocycles. The fourth-order valence-electron chi connectivity index (χ4n) is 2.78. The lowest BCUT2D eigenvalue weighted by Crippen LogP contribution is -2.21. The van der Waals surface area contributed by atoms with Crippen LogP contribution >= 0.6 is 0 Å².